The average molecular weight is 240 g/mol. The van der Waals surface area contributed by atoms with E-state index in [1.165, 1.54) is 0 Å². The van der Waals surface area contributed by atoms with Gasteiger partial charge in [-0.15, -0.1) is 0 Å². The third-order valence-electron chi connectivity index (χ3n) is 2.68. The van der Waals surface area contributed by atoms with Gasteiger partial charge in [0, 0.05) is 18.5 Å². The quantitative estimate of drug-likeness (QED) is 0.745. The smallest absolute Gasteiger partial charge is 0.354 e. The van der Waals surface area contributed by atoms with Crippen molar-refractivity contribution in [1.82, 2.24) is 5.32 Å². The van der Waals surface area contributed by atoms with Crippen LogP contribution in [0.5, 0.6) is 0 Å². The van der Waals surface area contributed by atoms with Crippen molar-refractivity contribution in [2.24, 2.45) is 5.73 Å². The maximum absolute atomic E-state index is 11.8. The van der Waals surface area contributed by atoms with Gasteiger partial charge in [0.1, 0.15) is 0 Å². The molecule has 0 aromatic rings. The number of carbonyl (C=O) groups excluding carboxylic acids is 1. The van der Waals surface area contributed by atoms with Crippen LogP contribution in [0.15, 0.2) is 0 Å². The van der Waals surface area contributed by atoms with Crippen LogP contribution < -0.4 is 11.1 Å². The van der Waals surface area contributed by atoms with E-state index in [-0.39, 0.29) is 6.54 Å². The number of halogens is 3. The maximum Gasteiger partial charge on any atom is 0.389 e. The van der Waals surface area contributed by atoms with Crippen molar-refractivity contribution in [1.29, 1.82) is 0 Å². The van der Waals surface area contributed by atoms with E-state index in [1.807, 2.05) is 13.8 Å². The van der Waals surface area contributed by atoms with Gasteiger partial charge in [0.15, 0.2) is 0 Å². The Morgan fingerprint density at radius 3 is 2.12 bits per heavy atom. The van der Waals surface area contributed by atoms with Gasteiger partial charge >= 0.3 is 6.18 Å². The first-order valence-corrected chi connectivity index (χ1v) is 5.35. The van der Waals surface area contributed by atoms with Crippen LogP contribution in [-0.2, 0) is 4.79 Å². The molecule has 3 N–H and O–H groups in total. The number of nitrogens with two attached hydrogens (primary N) is 1. The minimum absolute atomic E-state index is 0.219. The lowest BCUT2D eigenvalue weighted by Gasteiger charge is -2.26. The maximum atomic E-state index is 11.8. The molecule has 0 radical (unpaired) electrons. The molecule has 0 heterocycles. The number of alkyl halides is 3. The van der Waals surface area contributed by atoms with Crippen LogP contribution in [0.3, 0.4) is 0 Å². The Labute approximate surface area is 93.6 Å². The number of amides is 1. The average Bonchev–Trinajstić information content (AvgIpc) is 2.22. The summed E-state index contributed by atoms with van der Waals surface area (Å²) < 4.78 is 35.5. The molecule has 0 aliphatic heterocycles. The fourth-order valence-electron chi connectivity index (χ4n) is 1.12. The molecule has 16 heavy (non-hydrogen) atoms. The van der Waals surface area contributed by atoms with Crippen LogP contribution in [0.4, 0.5) is 13.2 Å². The van der Waals surface area contributed by atoms with Crippen molar-refractivity contribution in [3.63, 3.8) is 0 Å². The molecule has 0 spiro atoms. The molecule has 0 aliphatic rings. The topological polar surface area (TPSA) is 55.1 Å². The van der Waals surface area contributed by atoms with Gasteiger partial charge in [-0.1, -0.05) is 13.8 Å². The highest BCUT2D eigenvalue weighted by molar-refractivity contribution is 5.75. The Balaban J connectivity index is 3.90. The molecular formula is C10H19F3N2O. The summed E-state index contributed by atoms with van der Waals surface area (Å²) in [6.45, 7) is 3.98. The minimum Gasteiger partial charge on any atom is -0.354 e. The van der Waals surface area contributed by atoms with E-state index in [2.05, 4.69) is 5.32 Å². The predicted molar refractivity (Wildman–Crippen MR) is 55.8 cm³/mol. The number of hydrogen-bond donors (Lipinski definition) is 2. The van der Waals surface area contributed by atoms with Crippen molar-refractivity contribution in [2.45, 2.75) is 51.2 Å². The van der Waals surface area contributed by atoms with Gasteiger partial charge in [0.05, 0.1) is 6.42 Å². The van der Waals surface area contributed by atoms with E-state index >= 15 is 0 Å². The van der Waals surface area contributed by atoms with E-state index in [0.29, 0.717) is 12.8 Å². The van der Waals surface area contributed by atoms with E-state index < -0.39 is 30.5 Å². The number of rotatable bonds is 6. The van der Waals surface area contributed by atoms with E-state index in [9.17, 15) is 18.0 Å². The van der Waals surface area contributed by atoms with Gasteiger partial charge in [-0.2, -0.15) is 13.2 Å². The second-order valence-corrected chi connectivity index (χ2v) is 3.96. The Bertz CT molecular complexity index is 225. The molecule has 0 rings (SSSR count). The molecule has 0 saturated heterocycles. The van der Waals surface area contributed by atoms with E-state index in [4.69, 9.17) is 5.73 Å². The highest BCUT2D eigenvalue weighted by atomic mass is 19.4. The molecule has 3 nitrogen and oxygen atoms in total. The third-order valence-corrected chi connectivity index (χ3v) is 2.68. The van der Waals surface area contributed by atoms with Crippen LogP contribution in [0.1, 0.15) is 39.5 Å². The molecule has 0 aromatic carbocycles. The van der Waals surface area contributed by atoms with E-state index in [0.717, 1.165) is 0 Å². The van der Waals surface area contributed by atoms with Gasteiger partial charge in [0.2, 0.25) is 5.91 Å². The van der Waals surface area contributed by atoms with Crippen molar-refractivity contribution in [3.8, 4) is 0 Å². The summed E-state index contributed by atoms with van der Waals surface area (Å²) in [5.41, 5.74) is 5.37. The summed E-state index contributed by atoms with van der Waals surface area (Å²) in [5.74, 6) is -0.603. The summed E-state index contributed by atoms with van der Waals surface area (Å²) in [7, 11) is 0. The minimum atomic E-state index is -4.29. The van der Waals surface area contributed by atoms with Crippen LogP contribution >= 0.6 is 0 Å². The standard InChI is InChI=1S/C10H19F3N2O/c1-3-9(14,4-2)7-15-8(16)5-6-10(11,12)13/h3-7,14H2,1-2H3,(H,15,16). The molecule has 0 saturated carbocycles. The van der Waals surface area contributed by atoms with Crippen molar-refractivity contribution in [3.05, 3.63) is 0 Å². The Morgan fingerprint density at radius 2 is 1.75 bits per heavy atom. The second-order valence-electron chi connectivity index (χ2n) is 3.96. The SMILES string of the molecule is CCC(N)(CC)CNC(=O)CCC(F)(F)F. The number of nitrogens with one attached hydrogen (secondary N) is 1. The summed E-state index contributed by atoms with van der Waals surface area (Å²) in [4.78, 5) is 11.1. The summed E-state index contributed by atoms with van der Waals surface area (Å²) >= 11 is 0. The highest BCUT2D eigenvalue weighted by Gasteiger charge is 2.28. The second kappa shape index (κ2) is 6.08. The van der Waals surface area contributed by atoms with Crippen LogP contribution in [0.25, 0.3) is 0 Å². The molecule has 96 valence electrons. The molecule has 0 aliphatic carbocycles. The lowest BCUT2D eigenvalue weighted by atomic mass is 9.94. The molecule has 1 amide bonds. The zero-order valence-corrected chi connectivity index (χ0v) is 9.66. The van der Waals surface area contributed by atoms with Crippen LogP contribution in [-0.4, -0.2) is 24.2 Å². The molecule has 6 heteroatoms. The largest absolute Gasteiger partial charge is 0.389 e. The van der Waals surface area contributed by atoms with Crippen molar-refractivity contribution < 1.29 is 18.0 Å². The fraction of sp³-hybridized carbons (Fsp3) is 0.900. The highest BCUT2D eigenvalue weighted by Crippen LogP contribution is 2.21. The molecule has 0 unspecified atom stereocenters. The van der Waals surface area contributed by atoms with Gasteiger partial charge < -0.3 is 11.1 Å². The molecule has 0 atom stereocenters. The molecule has 0 bridgehead atoms. The summed E-state index contributed by atoms with van der Waals surface area (Å²) in [6.07, 6.45) is -4.57. The zero-order valence-electron chi connectivity index (χ0n) is 9.66. The zero-order chi connectivity index (χ0) is 12.8. The first kappa shape index (κ1) is 15.2. The lowest BCUT2D eigenvalue weighted by Crippen LogP contribution is -2.49. The summed E-state index contributed by atoms with van der Waals surface area (Å²) in [6, 6.07) is 0. The fourth-order valence-corrected chi connectivity index (χ4v) is 1.12. The summed E-state index contributed by atoms with van der Waals surface area (Å²) in [5, 5.41) is 2.43. The first-order valence-electron chi connectivity index (χ1n) is 5.35. The van der Waals surface area contributed by atoms with Crippen molar-refractivity contribution in [2.75, 3.05) is 6.54 Å². The molecular weight excluding hydrogens is 221 g/mol. The first-order chi connectivity index (χ1) is 7.22. The van der Waals surface area contributed by atoms with Gasteiger partial charge in [0.25, 0.3) is 0 Å². The Hall–Kier alpha value is -0.780. The normalized spacial score (nSPS) is 12.6. The Morgan fingerprint density at radius 1 is 1.25 bits per heavy atom. The van der Waals surface area contributed by atoms with Crippen LogP contribution in [0, 0.1) is 0 Å². The van der Waals surface area contributed by atoms with Gasteiger partial charge in [-0.05, 0) is 12.8 Å². The van der Waals surface area contributed by atoms with E-state index in [1.54, 1.807) is 0 Å². The Kier molecular flexibility index (Phi) is 5.78. The van der Waals surface area contributed by atoms with Crippen molar-refractivity contribution >= 4 is 5.91 Å². The number of hydrogen-bond acceptors (Lipinski definition) is 2. The van der Waals surface area contributed by atoms with Gasteiger partial charge in [-0.3, -0.25) is 4.79 Å². The van der Waals surface area contributed by atoms with Gasteiger partial charge in [-0.25, -0.2) is 0 Å². The lowest BCUT2D eigenvalue weighted by molar-refractivity contribution is -0.144. The monoisotopic (exact) mass is 240 g/mol. The molecule has 0 aromatic heterocycles. The number of carbonyl (C=O) groups is 1. The van der Waals surface area contributed by atoms with Crippen LogP contribution in [0.2, 0.25) is 0 Å². The third kappa shape index (κ3) is 6.66. The predicted octanol–water partition coefficient (Wildman–Crippen LogP) is 1.96. The molecule has 0 fully saturated rings.